The van der Waals surface area contributed by atoms with Gasteiger partial charge in [-0.05, 0) is 47.4 Å². The Kier molecular flexibility index (Phi) is 7.93. The van der Waals surface area contributed by atoms with Crippen molar-refractivity contribution in [1.82, 2.24) is 5.32 Å². The minimum Gasteiger partial charge on any atom is -0.508 e. The molecule has 5 nitrogen and oxygen atoms in total. The number of carbonyl (C=O) groups is 1. The summed E-state index contributed by atoms with van der Waals surface area (Å²) >= 11 is 12.2. The number of aromatic hydroxyl groups is 1. The number of amides is 1. The number of methoxy groups -OCH3 is 1. The number of hydrogen-bond donors (Lipinski definition) is 3. The smallest absolute Gasteiger partial charge is 0.246 e. The van der Waals surface area contributed by atoms with Crippen molar-refractivity contribution in [2.24, 2.45) is 0 Å². The van der Waals surface area contributed by atoms with Gasteiger partial charge in [0.1, 0.15) is 18.5 Å². The van der Waals surface area contributed by atoms with E-state index < -0.39 is 12.1 Å². The van der Waals surface area contributed by atoms with Crippen LogP contribution in [0.3, 0.4) is 0 Å². The fourth-order valence-electron chi connectivity index (χ4n) is 3.38. The van der Waals surface area contributed by atoms with Crippen molar-refractivity contribution in [3.63, 3.8) is 0 Å². The van der Waals surface area contributed by atoms with E-state index in [2.05, 4.69) is 5.32 Å². The lowest BCUT2D eigenvalue weighted by atomic mass is 9.94. The minimum atomic E-state index is -1.10. The highest BCUT2D eigenvalue weighted by Gasteiger charge is 2.25. The van der Waals surface area contributed by atoms with Gasteiger partial charge in [-0.15, -0.1) is 0 Å². The van der Waals surface area contributed by atoms with Crippen LogP contribution in [0.1, 0.15) is 17.2 Å². The summed E-state index contributed by atoms with van der Waals surface area (Å²) in [7, 11) is 1.43. The van der Waals surface area contributed by atoms with Gasteiger partial charge in [0.25, 0.3) is 0 Å². The first kappa shape index (κ1) is 23.1. The largest absolute Gasteiger partial charge is 0.508 e. The molecule has 3 rings (SSSR count). The summed E-state index contributed by atoms with van der Waals surface area (Å²) in [6, 6.07) is 18.9. The maximum absolute atomic E-state index is 12.1. The van der Waals surface area contributed by atoms with Gasteiger partial charge in [0.15, 0.2) is 0 Å². The molecule has 0 fully saturated rings. The van der Waals surface area contributed by atoms with E-state index in [4.69, 9.17) is 27.9 Å². The van der Waals surface area contributed by atoms with Crippen LogP contribution in [-0.4, -0.2) is 35.9 Å². The van der Waals surface area contributed by atoms with Crippen molar-refractivity contribution >= 4 is 29.1 Å². The standard InChI is InChI=1S/C24H23Cl2NO4/c1-31-14-23(29)27-21(24(30)20-4-2-3-5-22(20)28)10-15-6-8-16(9-7-15)17-11-18(25)13-19(26)12-17/h2-9,11-13,21,24,28,30H,10,14H2,1H3,(H,27,29). The Morgan fingerprint density at radius 3 is 2.26 bits per heavy atom. The lowest BCUT2D eigenvalue weighted by Gasteiger charge is -2.25. The zero-order chi connectivity index (χ0) is 22.4. The number of aliphatic hydroxyl groups excluding tert-OH is 1. The minimum absolute atomic E-state index is 0.0332. The molecule has 0 aromatic heterocycles. The highest BCUT2D eigenvalue weighted by atomic mass is 35.5. The summed E-state index contributed by atoms with van der Waals surface area (Å²) < 4.78 is 4.88. The SMILES string of the molecule is COCC(=O)NC(Cc1ccc(-c2cc(Cl)cc(Cl)c2)cc1)C(O)c1ccccc1O. The molecular formula is C24H23Cl2NO4. The molecule has 1 amide bonds. The van der Waals surface area contributed by atoms with Gasteiger partial charge in [-0.2, -0.15) is 0 Å². The maximum Gasteiger partial charge on any atom is 0.246 e. The number of ether oxygens (including phenoxy) is 1. The summed E-state index contributed by atoms with van der Waals surface area (Å²) in [5.41, 5.74) is 3.07. The first-order chi connectivity index (χ1) is 14.9. The van der Waals surface area contributed by atoms with Gasteiger partial charge in [0, 0.05) is 22.7 Å². The van der Waals surface area contributed by atoms with Crippen LogP contribution in [0.25, 0.3) is 11.1 Å². The number of phenolic OH excluding ortho intramolecular Hbond substituents is 1. The predicted molar refractivity (Wildman–Crippen MR) is 122 cm³/mol. The lowest BCUT2D eigenvalue weighted by molar-refractivity contribution is -0.126. The van der Waals surface area contributed by atoms with E-state index in [-0.39, 0.29) is 18.3 Å². The van der Waals surface area contributed by atoms with Crippen molar-refractivity contribution in [2.45, 2.75) is 18.6 Å². The molecule has 0 spiro atoms. The van der Waals surface area contributed by atoms with E-state index in [1.807, 2.05) is 36.4 Å². The van der Waals surface area contributed by atoms with Crippen LogP contribution in [0.15, 0.2) is 66.7 Å². The molecule has 3 aromatic rings. The normalized spacial score (nSPS) is 12.9. The molecule has 0 bridgehead atoms. The average Bonchev–Trinajstić information content (AvgIpc) is 2.73. The number of para-hydroxylation sites is 1. The average molecular weight is 460 g/mol. The fourth-order valence-corrected chi connectivity index (χ4v) is 3.91. The maximum atomic E-state index is 12.1. The molecule has 0 aliphatic heterocycles. The molecule has 0 radical (unpaired) electrons. The number of benzene rings is 3. The Hall–Kier alpha value is -2.57. The second-order valence-electron chi connectivity index (χ2n) is 7.17. The van der Waals surface area contributed by atoms with Crippen molar-refractivity contribution < 1.29 is 19.7 Å². The summed E-state index contributed by atoms with van der Waals surface area (Å²) in [6.07, 6.45) is -0.755. The van der Waals surface area contributed by atoms with E-state index in [0.29, 0.717) is 22.0 Å². The van der Waals surface area contributed by atoms with Gasteiger partial charge in [-0.25, -0.2) is 0 Å². The zero-order valence-electron chi connectivity index (χ0n) is 16.9. The first-order valence-corrected chi connectivity index (χ1v) is 10.4. The number of rotatable bonds is 8. The molecule has 3 N–H and O–H groups in total. The van der Waals surface area contributed by atoms with E-state index in [1.165, 1.54) is 13.2 Å². The van der Waals surface area contributed by atoms with E-state index in [1.54, 1.807) is 24.3 Å². The van der Waals surface area contributed by atoms with E-state index in [0.717, 1.165) is 16.7 Å². The van der Waals surface area contributed by atoms with Crippen LogP contribution in [0.4, 0.5) is 0 Å². The van der Waals surface area contributed by atoms with E-state index >= 15 is 0 Å². The molecular weight excluding hydrogens is 437 g/mol. The third-order valence-corrected chi connectivity index (χ3v) is 5.30. The van der Waals surface area contributed by atoms with E-state index in [9.17, 15) is 15.0 Å². The van der Waals surface area contributed by atoms with Crippen LogP contribution < -0.4 is 5.32 Å². The Labute approximate surface area is 191 Å². The number of aliphatic hydroxyl groups is 1. The molecule has 7 heteroatoms. The molecule has 0 aliphatic carbocycles. The fraction of sp³-hybridized carbons (Fsp3) is 0.208. The van der Waals surface area contributed by atoms with Crippen molar-refractivity contribution in [2.75, 3.05) is 13.7 Å². The van der Waals surface area contributed by atoms with Crippen molar-refractivity contribution in [3.8, 4) is 16.9 Å². The summed E-state index contributed by atoms with van der Waals surface area (Å²) in [5, 5.41) is 24.9. The molecule has 0 heterocycles. The number of phenols is 1. The van der Waals surface area contributed by atoms with Crippen LogP contribution in [0.2, 0.25) is 10.0 Å². The van der Waals surface area contributed by atoms with Gasteiger partial charge < -0.3 is 20.3 Å². The summed E-state index contributed by atoms with van der Waals surface area (Å²) in [6.45, 7) is -0.127. The number of carbonyl (C=O) groups excluding carboxylic acids is 1. The predicted octanol–water partition coefficient (Wildman–Crippen LogP) is 4.77. The van der Waals surface area contributed by atoms with Gasteiger partial charge in [-0.3, -0.25) is 4.79 Å². The first-order valence-electron chi connectivity index (χ1n) is 9.67. The second kappa shape index (κ2) is 10.6. The Bertz CT molecular complexity index is 1020. The monoisotopic (exact) mass is 459 g/mol. The second-order valence-corrected chi connectivity index (χ2v) is 8.04. The summed E-state index contributed by atoms with van der Waals surface area (Å²) in [4.78, 5) is 12.1. The molecule has 0 aliphatic rings. The zero-order valence-corrected chi connectivity index (χ0v) is 18.4. The van der Waals surface area contributed by atoms with Crippen LogP contribution >= 0.6 is 23.2 Å². The molecule has 31 heavy (non-hydrogen) atoms. The van der Waals surface area contributed by atoms with Crippen molar-refractivity contribution in [1.29, 1.82) is 0 Å². The molecule has 2 unspecified atom stereocenters. The number of halogens is 2. The molecule has 2 atom stereocenters. The highest BCUT2D eigenvalue weighted by Crippen LogP contribution is 2.30. The molecule has 0 saturated carbocycles. The lowest BCUT2D eigenvalue weighted by Crippen LogP contribution is -2.42. The Morgan fingerprint density at radius 2 is 1.65 bits per heavy atom. The van der Waals surface area contributed by atoms with Gasteiger partial charge in [0.05, 0.1) is 6.04 Å². The Morgan fingerprint density at radius 1 is 1.00 bits per heavy atom. The highest BCUT2D eigenvalue weighted by molar-refractivity contribution is 6.35. The van der Waals surface area contributed by atoms with Crippen molar-refractivity contribution in [3.05, 3.63) is 87.9 Å². The third-order valence-electron chi connectivity index (χ3n) is 4.86. The van der Waals surface area contributed by atoms with Gasteiger partial charge >= 0.3 is 0 Å². The van der Waals surface area contributed by atoms with Gasteiger partial charge in [0.2, 0.25) is 5.91 Å². The Balaban J connectivity index is 1.83. The summed E-state index contributed by atoms with van der Waals surface area (Å²) in [5.74, 6) is -0.388. The number of hydrogen-bond acceptors (Lipinski definition) is 4. The quantitative estimate of drug-likeness (QED) is 0.453. The topological polar surface area (TPSA) is 78.8 Å². The van der Waals surface area contributed by atoms with Gasteiger partial charge in [-0.1, -0.05) is 65.7 Å². The number of nitrogens with one attached hydrogen (secondary N) is 1. The molecule has 3 aromatic carbocycles. The van der Waals surface area contributed by atoms with Crippen LogP contribution in [-0.2, 0) is 16.0 Å². The van der Waals surface area contributed by atoms with Crippen LogP contribution in [0, 0.1) is 0 Å². The molecule has 0 saturated heterocycles. The third kappa shape index (κ3) is 6.21. The molecule has 162 valence electrons. The van der Waals surface area contributed by atoms with Crippen LogP contribution in [0.5, 0.6) is 5.75 Å².